The van der Waals surface area contributed by atoms with E-state index in [4.69, 9.17) is 9.47 Å². The Morgan fingerprint density at radius 1 is 1.00 bits per heavy atom. The Morgan fingerprint density at radius 2 is 1.67 bits per heavy atom. The molecule has 0 spiro atoms. The lowest BCUT2D eigenvalue weighted by Gasteiger charge is -2.29. The van der Waals surface area contributed by atoms with Gasteiger partial charge in [-0.05, 0) is 36.4 Å². The second-order valence-corrected chi connectivity index (χ2v) is 7.48. The second kappa shape index (κ2) is 6.51. The van der Waals surface area contributed by atoms with E-state index in [0.29, 0.717) is 0 Å². The van der Waals surface area contributed by atoms with Crippen LogP contribution in [0.4, 0.5) is 5.69 Å². The topological polar surface area (TPSA) is 77.5 Å². The van der Waals surface area contributed by atoms with Crippen LogP contribution in [0.1, 0.15) is 13.8 Å². The van der Waals surface area contributed by atoms with Crippen LogP contribution in [0.3, 0.4) is 0 Å². The maximum Gasteiger partial charge on any atom is 0.350 e. The Balaban J connectivity index is 1.51. The molecule has 7 heteroatoms. The molecule has 0 bridgehead atoms. The van der Waals surface area contributed by atoms with E-state index < -0.39 is 17.7 Å². The number of nitrogens with zero attached hydrogens (tertiary/aromatic N) is 1. The Morgan fingerprint density at radius 3 is 2.33 bits per heavy atom. The normalized spacial score (nSPS) is 16.0. The van der Waals surface area contributed by atoms with Crippen molar-refractivity contribution < 1.29 is 19.1 Å². The molecule has 1 N–H and O–H groups in total. The predicted octanol–water partition coefficient (Wildman–Crippen LogP) is 4.10. The molecule has 1 saturated heterocycles. The summed E-state index contributed by atoms with van der Waals surface area (Å²) < 4.78 is 11.2. The molecule has 1 aliphatic heterocycles. The molecule has 0 unspecified atom stereocenters. The molecule has 0 radical (unpaired) electrons. The van der Waals surface area contributed by atoms with Crippen LogP contribution in [0.5, 0.6) is 0 Å². The largest absolute Gasteiger partial charge is 0.419 e. The average Bonchev–Trinajstić information content (AvgIpc) is 3.04. The van der Waals surface area contributed by atoms with Gasteiger partial charge in [-0.2, -0.15) is 0 Å². The zero-order valence-electron chi connectivity index (χ0n) is 14.7. The summed E-state index contributed by atoms with van der Waals surface area (Å²) >= 11 is 1.63. The number of thiazole rings is 1. The molecule has 0 amide bonds. The van der Waals surface area contributed by atoms with Crippen molar-refractivity contribution in [3.63, 3.8) is 0 Å². The monoisotopic (exact) mass is 380 g/mol. The highest BCUT2D eigenvalue weighted by atomic mass is 32.1. The number of aromatic nitrogens is 1. The van der Waals surface area contributed by atoms with Crippen molar-refractivity contribution in [2.75, 3.05) is 5.32 Å². The number of anilines is 1. The van der Waals surface area contributed by atoms with Crippen molar-refractivity contribution >= 4 is 39.2 Å². The summed E-state index contributed by atoms with van der Waals surface area (Å²) in [5.74, 6) is -2.67. The summed E-state index contributed by atoms with van der Waals surface area (Å²) in [6, 6.07) is 15.5. The quantitative estimate of drug-likeness (QED) is 0.419. The number of carbonyl (C=O) groups is 2. The van der Waals surface area contributed by atoms with Crippen molar-refractivity contribution in [2.45, 2.75) is 19.6 Å². The Kier molecular flexibility index (Phi) is 4.16. The Bertz CT molecular complexity index is 1010. The van der Waals surface area contributed by atoms with Gasteiger partial charge in [0.25, 0.3) is 5.79 Å². The summed E-state index contributed by atoms with van der Waals surface area (Å²) in [4.78, 5) is 28.5. The minimum Gasteiger partial charge on any atom is -0.419 e. The highest BCUT2D eigenvalue weighted by Crippen LogP contribution is 2.30. The first-order chi connectivity index (χ1) is 12.9. The summed E-state index contributed by atoms with van der Waals surface area (Å²) in [5.41, 5.74) is 2.51. The molecule has 0 saturated carbocycles. The van der Waals surface area contributed by atoms with Gasteiger partial charge < -0.3 is 14.8 Å². The first-order valence-electron chi connectivity index (χ1n) is 8.31. The molecule has 4 rings (SSSR count). The van der Waals surface area contributed by atoms with Gasteiger partial charge in [-0.15, -0.1) is 11.3 Å². The molecule has 2 heterocycles. The van der Waals surface area contributed by atoms with Crippen molar-refractivity contribution in [3.05, 3.63) is 60.3 Å². The fraction of sp³-hybridized carbons (Fsp3) is 0.150. The molecular formula is C20H16N2O4S. The zero-order valence-corrected chi connectivity index (χ0v) is 15.5. The number of ether oxygens (including phenoxy) is 2. The summed E-state index contributed by atoms with van der Waals surface area (Å²) in [6.07, 6.45) is 1.30. The summed E-state index contributed by atoms with van der Waals surface area (Å²) in [5, 5.41) is 3.86. The van der Waals surface area contributed by atoms with Gasteiger partial charge in [0.1, 0.15) is 5.01 Å². The first-order valence-corrected chi connectivity index (χ1v) is 9.12. The number of fused-ring (bicyclic) bond motifs is 1. The van der Waals surface area contributed by atoms with Gasteiger partial charge in [0.2, 0.25) is 0 Å². The number of rotatable bonds is 3. The molecule has 1 fully saturated rings. The lowest BCUT2D eigenvalue weighted by Crippen LogP contribution is -2.42. The van der Waals surface area contributed by atoms with Crippen molar-refractivity contribution in [2.24, 2.45) is 0 Å². The van der Waals surface area contributed by atoms with Gasteiger partial charge in [0.15, 0.2) is 5.57 Å². The van der Waals surface area contributed by atoms with Crippen molar-refractivity contribution in [1.29, 1.82) is 0 Å². The Hall–Kier alpha value is -3.19. The number of para-hydroxylation sites is 1. The van der Waals surface area contributed by atoms with Crippen molar-refractivity contribution in [3.8, 4) is 10.6 Å². The highest BCUT2D eigenvalue weighted by molar-refractivity contribution is 7.21. The lowest BCUT2D eigenvalue weighted by atomic mass is 10.2. The fourth-order valence-corrected chi connectivity index (χ4v) is 3.61. The zero-order chi connectivity index (χ0) is 19.0. The van der Waals surface area contributed by atoms with Crippen LogP contribution >= 0.6 is 11.3 Å². The SMILES string of the molecule is CC1(C)OC(=O)C(=CNc2ccc(-c3nc4ccccc4s3)cc2)C(=O)O1. The number of esters is 2. The van der Waals surface area contributed by atoms with E-state index in [2.05, 4.69) is 10.3 Å². The van der Waals surface area contributed by atoms with Gasteiger partial charge in [-0.25, -0.2) is 14.6 Å². The molecule has 136 valence electrons. The van der Waals surface area contributed by atoms with E-state index >= 15 is 0 Å². The molecule has 1 aromatic heterocycles. The van der Waals surface area contributed by atoms with Crippen LogP contribution in [-0.2, 0) is 19.1 Å². The van der Waals surface area contributed by atoms with E-state index in [0.717, 1.165) is 26.5 Å². The highest BCUT2D eigenvalue weighted by Gasteiger charge is 2.38. The van der Waals surface area contributed by atoms with E-state index in [1.807, 2.05) is 48.5 Å². The van der Waals surface area contributed by atoms with Crippen LogP contribution in [0.15, 0.2) is 60.3 Å². The molecule has 0 aliphatic carbocycles. The minimum atomic E-state index is -1.25. The fourth-order valence-electron chi connectivity index (χ4n) is 2.64. The first kappa shape index (κ1) is 17.2. The van der Waals surface area contributed by atoms with E-state index in [1.165, 1.54) is 20.0 Å². The third-order valence-electron chi connectivity index (χ3n) is 3.93. The van der Waals surface area contributed by atoms with E-state index in [9.17, 15) is 9.59 Å². The number of nitrogens with one attached hydrogen (secondary N) is 1. The standard InChI is InChI=1S/C20H16N2O4S/c1-20(2)25-18(23)14(19(24)26-20)11-21-13-9-7-12(8-10-13)17-22-15-5-3-4-6-16(15)27-17/h3-11,21H,1-2H3. The van der Waals surface area contributed by atoms with E-state index in [1.54, 1.807) is 11.3 Å². The number of hydrogen-bond acceptors (Lipinski definition) is 7. The Labute approximate surface area is 159 Å². The summed E-state index contributed by atoms with van der Waals surface area (Å²) in [7, 11) is 0. The van der Waals surface area contributed by atoms with Gasteiger partial charge in [-0.3, -0.25) is 0 Å². The van der Waals surface area contributed by atoms with E-state index in [-0.39, 0.29) is 5.57 Å². The van der Waals surface area contributed by atoms with Crippen molar-refractivity contribution in [1.82, 2.24) is 4.98 Å². The molecule has 6 nitrogen and oxygen atoms in total. The number of benzene rings is 2. The van der Waals surface area contributed by atoms with Gasteiger partial charge >= 0.3 is 11.9 Å². The van der Waals surface area contributed by atoms with Gasteiger partial charge in [0, 0.05) is 31.3 Å². The smallest absolute Gasteiger partial charge is 0.350 e. The maximum atomic E-state index is 11.9. The van der Waals surface area contributed by atoms with Crippen LogP contribution in [0.25, 0.3) is 20.8 Å². The van der Waals surface area contributed by atoms with Gasteiger partial charge in [0.05, 0.1) is 10.2 Å². The number of hydrogen-bond donors (Lipinski definition) is 1. The molecule has 27 heavy (non-hydrogen) atoms. The molecule has 0 atom stereocenters. The van der Waals surface area contributed by atoms with Crippen LogP contribution < -0.4 is 5.32 Å². The third-order valence-corrected chi connectivity index (χ3v) is 5.01. The number of carbonyl (C=O) groups excluding carboxylic acids is 2. The molecular weight excluding hydrogens is 364 g/mol. The third kappa shape index (κ3) is 3.54. The van der Waals surface area contributed by atoms with Gasteiger partial charge in [-0.1, -0.05) is 12.1 Å². The van der Waals surface area contributed by atoms with Crippen LogP contribution in [0, 0.1) is 0 Å². The van der Waals surface area contributed by atoms with Crippen LogP contribution in [-0.4, -0.2) is 22.7 Å². The second-order valence-electron chi connectivity index (χ2n) is 6.45. The minimum absolute atomic E-state index is 0.176. The lowest BCUT2D eigenvalue weighted by molar-refractivity contribution is -0.222. The molecule has 1 aliphatic rings. The maximum absolute atomic E-state index is 11.9. The number of cyclic esters (lactones) is 2. The van der Waals surface area contributed by atoms with Crippen LogP contribution in [0.2, 0.25) is 0 Å². The molecule has 2 aromatic carbocycles. The molecule has 3 aromatic rings. The predicted molar refractivity (Wildman–Crippen MR) is 103 cm³/mol. The average molecular weight is 380 g/mol. The summed E-state index contributed by atoms with van der Waals surface area (Å²) in [6.45, 7) is 3.02.